The van der Waals surface area contributed by atoms with Gasteiger partial charge in [-0.25, -0.2) is 13.4 Å². The topological polar surface area (TPSA) is 62.3 Å². The van der Waals surface area contributed by atoms with Gasteiger partial charge < -0.3 is 5.32 Å². The lowest BCUT2D eigenvalue weighted by atomic mass is 9.80. The molecule has 1 aromatic rings. The van der Waals surface area contributed by atoms with E-state index in [2.05, 4.69) is 10.3 Å². The largest absolute Gasteiger partial charge is 0.314 e. The van der Waals surface area contributed by atoms with Crippen molar-refractivity contribution in [3.63, 3.8) is 0 Å². The van der Waals surface area contributed by atoms with Crippen LogP contribution in [0.2, 0.25) is 0 Å². The Labute approximate surface area is 124 Å². The molecule has 1 N–H and O–H groups in total. The van der Waals surface area contributed by atoms with Gasteiger partial charge in [0, 0.05) is 25.2 Å². The van der Waals surface area contributed by atoms with E-state index in [0.29, 0.717) is 10.8 Å². The van der Waals surface area contributed by atoms with Crippen molar-refractivity contribution in [1.29, 1.82) is 0 Å². The Kier molecular flexibility index (Phi) is 3.87. The summed E-state index contributed by atoms with van der Waals surface area (Å²) in [5, 5.41) is 4.19. The van der Waals surface area contributed by atoms with Crippen LogP contribution in [0.25, 0.3) is 0 Å². The third kappa shape index (κ3) is 2.41. The molecule has 2 aliphatic rings. The van der Waals surface area contributed by atoms with E-state index in [-0.39, 0.29) is 5.54 Å². The molecule has 1 aliphatic heterocycles. The summed E-state index contributed by atoms with van der Waals surface area (Å²) in [6.07, 6.45) is 6.90. The summed E-state index contributed by atoms with van der Waals surface area (Å²) in [5.41, 5.74) is -0.215. The predicted octanol–water partition coefficient (Wildman–Crippen LogP) is 1.75. The number of rotatable bonds is 2. The first-order valence-corrected chi connectivity index (χ1v) is 9.46. The van der Waals surface area contributed by atoms with Crippen LogP contribution in [-0.2, 0) is 10.0 Å². The first-order valence-electron chi connectivity index (χ1n) is 7.21. The fourth-order valence-electron chi connectivity index (χ4n) is 3.41. The van der Waals surface area contributed by atoms with E-state index in [1.807, 2.05) is 6.92 Å². The zero-order chi connectivity index (χ0) is 14.2. The van der Waals surface area contributed by atoms with Crippen LogP contribution in [0.1, 0.15) is 37.1 Å². The van der Waals surface area contributed by atoms with Crippen LogP contribution in [0.3, 0.4) is 0 Å². The molecule has 1 saturated heterocycles. The molecular formula is C13H21N3O2S2. The molecule has 0 bridgehead atoms. The van der Waals surface area contributed by atoms with Gasteiger partial charge >= 0.3 is 0 Å². The lowest BCUT2D eigenvalue weighted by molar-refractivity contribution is 0.101. The summed E-state index contributed by atoms with van der Waals surface area (Å²) >= 11 is 1.27. The maximum absolute atomic E-state index is 12.9. The van der Waals surface area contributed by atoms with Crippen molar-refractivity contribution < 1.29 is 8.42 Å². The molecule has 20 heavy (non-hydrogen) atoms. The number of aromatic nitrogens is 1. The van der Waals surface area contributed by atoms with E-state index in [0.717, 1.165) is 43.8 Å². The molecule has 1 spiro atoms. The van der Waals surface area contributed by atoms with E-state index >= 15 is 0 Å². The zero-order valence-electron chi connectivity index (χ0n) is 11.8. The molecule has 1 aromatic heterocycles. The van der Waals surface area contributed by atoms with Crippen LogP contribution in [0.4, 0.5) is 0 Å². The minimum Gasteiger partial charge on any atom is -0.314 e. The monoisotopic (exact) mass is 315 g/mol. The van der Waals surface area contributed by atoms with Gasteiger partial charge in [-0.15, -0.1) is 11.3 Å². The van der Waals surface area contributed by atoms with Gasteiger partial charge in [0.05, 0.1) is 11.2 Å². The SMILES string of the molecule is Cc1ncc(S(=O)(=O)N2CCNCC23CCCCC3)s1. The number of hydrogen-bond donors (Lipinski definition) is 1. The molecule has 7 heteroatoms. The molecule has 0 radical (unpaired) electrons. The Hall–Kier alpha value is -0.500. The number of aryl methyl sites for hydroxylation is 1. The van der Waals surface area contributed by atoms with E-state index < -0.39 is 10.0 Å². The van der Waals surface area contributed by atoms with Crippen molar-refractivity contribution in [3.05, 3.63) is 11.2 Å². The summed E-state index contributed by atoms with van der Waals surface area (Å²) < 4.78 is 28.0. The fourth-order valence-corrected chi connectivity index (χ4v) is 6.45. The number of hydrogen-bond acceptors (Lipinski definition) is 5. The lowest BCUT2D eigenvalue weighted by Gasteiger charge is -2.48. The van der Waals surface area contributed by atoms with Gasteiger partial charge in [-0.3, -0.25) is 0 Å². The van der Waals surface area contributed by atoms with Crippen molar-refractivity contribution >= 4 is 21.4 Å². The molecule has 0 atom stereocenters. The molecule has 5 nitrogen and oxygen atoms in total. The van der Waals surface area contributed by atoms with Crippen LogP contribution < -0.4 is 5.32 Å². The van der Waals surface area contributed by atoms with Gasteiger partial charge in [-0.2, -0.15) is 4.31 Å². The fraction of sp³-hybridized carbons (Fsp3) is 0.769. The number of piperazine rings is 1. The minimum atomic E-state index is -3.40. The molecule has 1 saturated carbocycles. The molecule has 3 rings (SSSR count). The highest BCUT2D eigenvalue weighted by Gasteiger charge is 2.46. The second-order valence-electron chi connectivity index (χ2n) is 5.74. The Morgan fingerprint density at radius 3 is 2.75 bits per heavy atom. The average molecular weight is 315 g/mol. The maximum Gasteiger partial charge on any atom is 0.254 e. The molecule has 2 fully saturated rings. The van der Waals surface area contributed by atoms with Gasteiger partial charge in [-0.05, 0) is 19.8 Å². The van der Waals surface area contributed by atoms with Gasteiger partial charge in [0.1, 0.15) is 0 Å². The third-order valence-electron chi connectivity index (χ3n) is 4.40. The van der Waals surface area contributed by atoms with Gasteiger partial charge in [-0.1, -0.05) is 19.3 Å². The molecule has 2 heterocycles. The van der Waals surface area contributed by atoms with E-state index in [1.54, 1.807) is 4.31 Å². The normalized spacial score (nSPS) is 24.1. The summed E-state index contributed by atoms with van der Waals surface area (Å²) in [5.74, 6) is 0. The van der Waals surface area contributed by atoms with E-state index in [1.165, 1.54) is 24.0 Å². The van der Waals surface area contributed by atoms with Crippen LogP contribution in [-0.4, -0.2) is 42.9 Å². The van der Waals surface area contributed by atoms with Crippen LogP contribution >= 0.6 is 11.3 Å². The van der Waals surface area contributed by atoms with E-state index in [9.17, 15) is 8.42 Å². The third-order valence-corrected chi connectivity index (χ3v) is 7.76. The summed E-state index contributed by atoms with van der Waals surface area (Å²) in [4.78, 5) is 4.11. The minimum absolute atomic E-state index is 0.215. The van der Waals surface area contributed by atoms with Gasteiger partial charge in [0.2, 0.25) is 0 Å². The van der Waals surface area contributed by atoms with Gasteiger partial charge in [0.15, 0.2) is 4.21 Å². The Bertz CT molecular complexity index is 568. The highest BCUT2D eigenvalue weighted by atomic mass is 32.2. The predicted molar refractivity (Wildman–Crippen MR) is 79.4 cm³/mol. The van der Waals surface area contributed by atoms with E-state index in [4.69, 9.17) is 0 Å². The average Bonchev–Trinajstić information content (AvgIpc) is 2.87. The van der Waals surface area contributed by atoms with Crippen molar-refractivity contribution in [3.8, 4) is 0 Å². The smallest absolute Gasteiger partial charge is 0.254 e. The second kappa shape index (κ2) is 5.36. The van der Waals surface area contributed by atoms with Gasteiger partial charge in [0.25, 0.3) is 10.0 Å². The Morgan fingerprint density at radius 2 is 2.10 bits per heavy atom. The molecular weight excluding hydrogens is 294 g/mol. The van der Waals surface area contributed by atoms with Crippen molar-refractivity contribution in [2.75, 3.05) is 19.6 Å². The number of thiazole rings is 1. The number of nitrogens with zero attached hydrogens (tertiary/aromatic N) is 2. The number of sulfonamides is 1. The molecule has 112 valence electrons. The first-order chi connectivity index (χ1) is 9.55. The zero-order valence-corrected chi connectivity index (χ0v) is 13.4. The summed E-state index contributed by atoms with van der Waals surface area (Å²) in [7, 11) is -3.40. The maximum atomic E-state index is 12.9. The van der Waals surface area contributed by atoms with Crippen LogP contribution in [0.15, 0.2) is 10.4 Å². The highest BCUT2D eigenvalue weighted by Crippen LogP contribution is 2.38. The highest BCUT2D eigenvalue weighted by molar-refractivity contribution is 7.91. The summed E-state index contributed by atoms with van der Waals surface area (Å²) in [6.45, 7) is 3.93. The number of nitrogens with one attached hydrogen (secondary N) is 1. The molecule has 0 amide bonds. The summed E-state index contributed by atoms with van der Waals surface area (Å²) in [6, 6.07) is 0. The second-order valence-corrected chi connectivity index (χ2v) is 9.06. The van der Waals surface area contributed by atoms with Crippen LogP contribution in [0.5, 0.6) is 0 Å². The van der Waals surface area contributed by atoms with Crippen molar-refractivity contribution in [1.82, 2.24) is 14.6 Å². The van der Waals surface area contributed by atoms with Crippen LogP contribution in [0, 0.1) is 6.92 Å². The first kappa shape index (κ1) is 14.4. The van der Waals surface area contributed by atoms with Crippen molar-refractivity contribution in [2.45, 2.75) is 48.8 Å². The standard InChI is InChI=1S/C13H21N3O2S2/c1-11-15-9-12(19-11)20(17,18)16-8-7-14-10-13(16)5-3-2-4-6-13/h9,14H,2-8,10H2,1H3. The Morgan fingerprint density at radius 1 is 1.35 bits per heavy atom. The Balaban J connectivity index is 1.97. The van der Waals surface area contributed by atoms with Crippen molar-refractivity contribution in [2.24, 2.45) is 0 Å². The molecule has 0 aromatic carbocycles. The molecule has 1 aliphatic carbocycles. The quantitative estimate of drug-likeness (QED) is 0.903. The lowest BCUT2D eigenvalue weighted by Crippen LogP contribution is -2.63. The molecule has 0 unspecified atom stereocenters.